The van der Waals surface area contributed by atoms with Crippen molar-refractivity contribution in [1.29, 1.82) is 0 Å². The molecule has 0 saturated heterocycles. The van der Waals surface area contributed by atoms with Gasteiger partial charge in [0.1, 0.15) is 5.75 Å². The lowest BCUT2D eigenvalue weighted by Crippen LogP contribution is -2.39. The number of ether oxygens (including phenoxy) is 1. The number of hydrogen-bond acceptors (Lipinski definition) is 3. The zero-order valence-electron chi connectivity index (χ0n) is 10.9. The number of amides is 1. The fourth-order valence-electron chi connectivity index (χ4n) is 1.40. The fraction of sp³-hybridized carbons (Fsp3) is 0.462. The third kappa shape index (κ3) is 3.89. The van der Waals surface area contributed by atoms with Gasteiger partial charge in [0.2, 0.25) is 5.91 Å². The van der Waals surface area contributed by atoms with Gasteiger partial charge in [-0.15, -0.1) is 0 Å². The third-order valence-electron chi connectivity index (χ3n) is 2.52. The summed E-state index contributed by atoms with van der Waals surface area (Å²) in [7, 11) is 0. The number of rotatable bonds is 5. The van der Waals surface area contributed by atoms with E-state index in [4.69, 9.17) is 22.1 Å². The molecule has 0 aliphatic carbocycles. The van der Waals surface area contributed by atoms with Crippen molar-refractivity contribution in [2.75, 3.05) is 11.9 Å². The molecule has 0 radical (unpaired) electrons. The molecule has 0 aromatic heterocycles. The van der Waals surface area contributed by atoms with Crippen molar-refractivity contribution >= 4 is 23.2 Å². The monoisotopic (exact) mass is 270 g/mol. The lowest BCUT2D eigenvalue weighted by molar-refractivity contribution is -0.118. The minimum absolute atomic E-state index is 0.0692. The maximum atomic E-state index is 11.9. The van der Waals surface area contributed by atoms with Crippen LogP contribution in [0.1, 0.15) is 20.8 Å². The highest BCUT2D eigenvalue weighted by Crippen LogP contribution is 2.28. The summed E-state index contributed by atoms with van der Waals surface area (Å²) < 4.78 is 5.42. The number of benzene rings is 1. The van der Waals surface area contributed by atoms with Crippen molar-refractivity contribution in [3.8, 4) is 5.75 Å². The van der Waals surface area contributed by atoms with Crippen LogP contribution in [0.25, 0.3) is 0 Å². The van der Waals surface area contributed by atoms with Crippen molar-refractivity contribution in [1.82, 2.24) is 0 Å². The minimum atomic E-state index is -0.557. The van der Waals surface area contributed by atoms with Gasteiger partial charge >= 0.3 is 0 Å². The molecule has 0 aliphatic rings. The minimum Gasteiger partial charge on any atom is -0.492 e. The summed E-state index contributed by atoms with van der Waals surface area (Å²) in [4.78, 5) is 11.9. The fourth-order valence-corrected chi connectivity index (χ4v) is 1.57. The number of carbonyl (C=O) groups excluding carboxylic acids is 1. The molecule has 0 spiro atoms. The van der Waals surface area contributed by atoms with Gasteiger partial charge in [0.15, 0.2) is 0 Å². The van der Waals surface area contributed by atoms with Gasteiger partial charge < -0.3 is 15.8 Å². The summed E-state index contributed by atoms with van der Waals surface area (Å²) in [6.45, 7) is 6.18. The zero-order valence-corrected chi connectivity index (χ0v) is 11.6. The van der Waals surface area contributed by atoms with Crippen molar-refractivity contribution in [3.63, 3.8) is 0 Å². The second-order valence-corrected chi connectivity index (χ2v) is 4.77. The lowest BCUT2D eigenvalue weighted by Gasteiger charge is -2.17. The summed E-state index contributed by atoms with van der Waals surface area (Å²) in [5.74, 6) is 0.416. The van der Waals surface area contributed by atoms with Gasteiger partial charge in [-0.25, -0.2) is 0 Å². The Hall–Kier alpha value is -1.26. The molecule has 5 heteroatoms. The second-order valence-electron chi connectivity index (χ2n) is 4.33. The number of halogens is 1. The van der Waals surface area contributed by atoms with Crippen LogP contribution in [-0.4, -0.2) is 18.6 Å². The van der Waals surface area contributed by atoms with Gasteiger partial charge in [0.25, 0.3) is 0 Å². The summed E-state index contributed by atoms with van der Waals surface area (Å²) >= 11 is 5.90. The highest BCUT2D eigenvalue weighted by Gasteiger charge is 2.18. The van der Waals surface area contributed by atoms with Crippen molar-refractivity contribution in [2.45, 2.75) is 26.8 Å². The first-order valence-electron chi connectivity index (χ1n) is 5.94. The topological polar surface area (TPSA) is 64.3 Å². The van der Waals surface area contributed by atoms with Gasteiger partial charge in [0, 0.05) is 5.02 Å². The van der Waals surface area contributed by atoms with E-state index in [2.05, 4.69) is 5.32 Å². The molecular formula is C13H19ClN2O2. The molecule has 1 aromatic rings. The Labute approximate surface area is 112 Å². The molecule has 1 rings (SSSR count). The molecule has 1 amide bonds. The van der Waals surface area contributed by atoms with E-state index in [1.165, 1.54) is 0 Å². The number of hydrogen-bond donors (Lipinski definition) is 2. The van der Waals surface area contributed by atoms with E-state index in [-0.39, 0.29) is 11.8 Å². The number of nitrogens with two attached hydrogens (primary N) is 1. The average molecular weight is 271 g/mol. The molecule has 1 unspecified atom stereocenters. The molecule has 18 heavy (non-hydrogen) atoms. The summed E-state index contributed by atoms with van der Waals surface area (Å²) in [5, 5.41) is 3.28. The maximum absolute atomic E-state index is 11.9. The van der Waals surface area contributed by atoms with Crippen LogP contribution in [0.4, 0.5) is 5.69 Å². The van der Waals surface area contributed by atoms with Crippen LogP contribution in [-0.2, 0) is 4.79 Å². The Morgan fingerprint density at radius 3 is 2.72 bits per heavy atom. The van der Waals surface area contributed by atoms with E-state index in [9.17, 15) is 4.79 Å². The second kappa shape index (κ2) is 6.61. The van der Waals surface area contributed by atoms with Crippen LogP contribution in [0.5, 0.6) is 5.75 Å². The molecule has 0 saturated carbocycles. The van der Waals surface area contributed by atoms with Crippen LogP contribution in [0.2, 0.25) is 5.02 Å². The van der Waals surface area contributed by atoms with Gasteiger partial charge in [-0.3, -0.25) is 4.79 Å². The van der Waals surface area contributed by atoms with Gasteiger partial charge in [-0.2, -0.15) is 0 Å². The smallest absolute Gasteiger partial charge is 0.241 e. The maximum Gasteiger partial charge on any atom is 0.241 e. The Morgan fingerprint density at radius 2 is 2.17 bits per heavy atom. The van der Waals surface area contributed by atoms with Gasteiger partial charge in [0.05, 0.1) is 18.3 Å². The number of nitrogens with one attached hydrogen (secondary N) is 1. The highest BCUT2D eigenvalue weighted by molar-refractivity contribution is 6.31. The van der Waals surface area contributed by atoms with Crippen LogP contribution in [0, 0.1) is 5.92 Å². The molecule has 1 atom stereocenters. The Bertz CT molecular complexity index is 421. The molecule has 4 nitrogen and oxygen atoms in total. The summed E-state index contributed by atoms with van der Waals surface area (Å²) in [5.41, 5.74) is 6.33. The van der Waals surface area contributed by atoms with E-state index in [0.29, 0.717) is 23.1 Å². The SMILES string of the molecule is CCOc1ccc(Cl)cc1NC(=O)C(N)C(C)C. The normalized spacial score (nSPS) is 12.3. The molecule has 3 N–H and O–H groups in total. The highest BCUT2D eigenvalue weighted by atomic mass is 35.5. The molecule has 0 heterocycles. The molecular weight excluding hydrogens is 252 g/mol. The first kappa shape index (κ1) is 14.8. The summed E-state index contributed by atoms with van der Waals surface area (Å²) in [6, 6.07) is 4.53. The predicted molar refractivity (Wildman–Crippen MR) is 74.1 cm³/mol. The standard InChI is InChI=1S/C13H19ClN2O2/c1-4-18-11-6-5-9(14)7-10(11)16-13(17)12(15)8(2)3/h5-8,12H,4,15H2,1-3H3,(H,16,17). The zero-order chi connectivity index (χ0) is 13.7. The molecule has 0 bridgehead atoms. The summed E-state index contributed by atoms with van der Waals surface area (Å²) in [6.07, 6.45) is 0. The third-order valence-corrected chi connectivity index (χ3v) is 2.76. The Kier molecular flexibility index (Phi) is 5.44. The Balaban J connectivity index is 2.88. The quantitative estimate of drug-likeness (QED) is 0.865. The van der Waals surface area contributed by atoms with Crippen molar-refractivity contribution in [3.05, 3.63) is 23.2 Å². The predicted octanol–water partition coefficient (Wildman–Crippen LogP) is 2.66. The van der Waals surface area contributed by atoms with Crippen LogP contribution in [0.15, 0.2) is 18.2 Å². The van der Waals surface area contributed by atoms with Crippen LogP contribution < -0.4 is 15.8 Å². The lowest BCUT2D eigenvalue weighted by atomic mass is 10.0. The van der Waals surface area contributed by atoms with E-state index in [1.54, 1.807) is 18.2 Å². The molecule has 0 aliphatic heterocycles. The van der Waals surface area contributed by atoms with Gasteiger partial charge in [-0.1, -0.05) is 25.4 Å². The molecule has 100 valence electrons. The van der Waals surface area contributed by atoms with Crippen LogP contribution >= 0.6 is 11.6 Å². The van der Waals surface area contributed by atoms with E-state index in [0.717, 1.165) is 0 Å². The first-order chi connectivity index (χ1) is 8.45. The van der Waals surface area contributed by atoms with Crippen molar-refractivity contribution in [2.24, 2.45) is 11.7 Å². The van der Waals surface area contributed by atoms with Gasteiger partial charge in [-0.05, 0) is 31.0 Å². The van der Waals surface area contributed by atoms with E-state index >= 15 is 0 Å². The van der Waals surface area contributed by atoms with E-state index < -0.39 is 6.04 Å². The molecule has 0 fully saturated rings. The first-order valence-corrected chi connectivity index (χ1v) is 6.32. The van der Waals surface area contributed by atoms with Crippen molar-refractivity contribution < 1.29 is 9.53 Å². The average Bonchev–Trinajstić information content (AvgIpc) is 2.31. The Morgan fingerprint density at radius 1 is 1.50 bits per heavy atom. The number of carbonyl (C=O) groups is 1. The van der Waals surface area contributed by atoms with Crippen LogP contribution in [0.3, 0.4) is 0 Å². The number of anilines is 1. The molecule has 1 aromatic carbocycles. The van der Waals surface area contributed by atoms with E-state index in [1.807, 2.05) is 20.8 Å². The largest absolute Gasteiger partial charge is 0.492 e.